The Labute approximate surface area is 243 Å². The van der Waals surface area contributed by atoms with E-state index in [9.17, 15) is 14.4 Å². The summed E-state index contributed by atoms with van der Waals surface area (Å²) in [6.45, 7) is 2.13. The number of carbonyl (C=O) groups is 3. The van der Waals surface area contributed by atoms with Gasteiger partial charge in [0.2, 0.25) is 0 Å². The van der Waals surface area contributed by atoms with E-state index < -0.39 is 17.8 Å². The normalized spacial score (nSPS) is 12.2. The molecular formula is C30H37FN2O9. The Balaban J connectivity index is 1.89. The largest absolute Gasteiger partial charge is 0.493 e. The molecule has 2 aromatic carbocycles. The predicted molar refractivity (Wildman–Crippen MR) is 151 cm³/mol. The first kappa shape index (κ1) is 32.2. The minimum absolute atomic E-state index is 0.0525. The van der Waals surface area contributed by atoms with Crippen molar-refractivity contribution < 1.29 is 47.9 Å². The number of aryl methyl sites for hydroxylation is 1. The molecular weight excluding hydrogens is 551 g/mol. The van der Waals surface area contributed by atoms with Crippen molar-refractivity contribution in [2.75, 3.05) is 34.0 Å². The van der Waals surface area contributed by atoms with E-state index in [0.717, 1.165) is 12.8 Å². The van der Waals surface area contributed by atoms with Gasteiger partial charge in [0.1, 0.15) is 5.84 Å². The first-order valence-electron chi connectivity index (χ1n) is 13.8. The van der Waals surface area contributed by atoms with Crippen LogP contribution in [0, 0.1) is 11.2 Å². The van der Waals surface area contributed by atoms with Gasteiger partial charge in [0.05, 0.1) is 39.5 Å². The number of ether oxygens (including phenoxy) is 4. The van der Waals surface area contributed by atoms with Crippen molar-refractivity contribution in [2.24, 2.45) is 0 Å². The number of amidine groups is 1. The van der Waals surface area contributed by atoms with Crippen LogP contribution in [0.15, 0.2) is 18.2 Å². The zero-order valence-electron chi connectivity index (χ0n) is 24.1. The maximum atomic E-state index is 15.2. The second kappa shape index (κ2) is 15.0. The van der Waals surface area contributed by atoms with Crippen LogP contribution in [0.25, 0.3) is 0 Å². The summed E-state index contributed by atoms with van der Waals surface area (Å²) in [6, 6.07) is 4.82. The van der Waals surface area contributed by atoms with Crippen LogP contribution in [0.2, 0.25) is 0 Å². The smallest absolute Gasteiger partial charge is 0.303 e. The van der Waals surface area contributed by atoms with Crippen molar-refractivity contribution in [2.45, 2.75) is 58.4 Å². The number of hydrogen-bond donors (Lipinski definition) is 3. The zero-order valence-corrected chi connectivity index (χ0v) is 24.1. The number of hydrogen-bond acceptors (Lipinski definition) is 8. The number of nitrogens with one attached hydrogen (secondary N) is 1. The van der Waals surface area contributed by atoms with Crippen molar-refractivity contribution in [3.8, 4) is 23.0 Å². The third-order valence-corrected chi connectivity index (χ3v) is 6.77. The summed E-state index contributed by atoms with van der Waals surface area (Å²) in [5, 5.41) is 26.5. The quantitative estimate of drug-likeness (QED) is 0.165. The third kappa shape index (κ3) is 7.89. The number of carboxylic acid groups (broad SMARTS) is 2. The number of ketones is 1. The maximum absolute atomic E-state index is 15.2. The van der Waals surface area contributed by atoms with Gasteiger partial charge in [-0.05, 0) is 55.0 Å². The van der Waals surface area contributed by atoms with E-state index in [-0.39, 0.29) is 86.4 Å². The Hall–Kier alpha value is -4.35. The molecule has 0 radical (unpaired) electrons. The number of aliphatic carboxylic acids is 2. The van der Waals surface area contributed by atoms with Gasteiger partial charge in [-0.15, -0.1) is 0 Å². The lowest BCUT2D eigenvalue weighted by Crippen LogP contribution is -2.30. The topological polar surface area (TPSA) is 156 Å². The predicted octanol–water partition coefficient (Wildman–Crippen LogP) is 4.70. The minimum Gasteiger partial charge on any atom is -0.493 e. The number of Topliss-reactive ketones (excluding diaryl/α,β-unsaturated/α-hetero) is 1. The number of carbonyl (C=O) groups excluding carboxylic acids is 1. The molecule has 1 heterocycles. The van der Waals surface area contributed by atoms with Crippen LogP contribution in [0.1, 0.15) is 72.5 Å². The van der Waals surface area contributed by atoms with Gasteiger partial charge in [0.25, 0.3) is 0 Å². The van der Waals surface area contributed by atoms with Crippen LogP contribution in [-0.2, 0) is 22.6 Å². The van der Waals surface area contributed by atoms with Gasteiger partial charge < -0.3 is 34.1 Å². The van der Waals surface area contributed by atoms with Gasteiger partial charge in [-0.1, -0.05) is 13.3 Å². The molecule has 12 heteroatoms. The molecule has 0 saturated carbocycles. The molecule has 0 aliphatic carbocycles. The standard InChI is InChI=1S/C30H37FN2O9/c1-4-5-8-18-13-19(14-23(41-11-6-9-24(35)36)28(18)42-12-7-10-25(37)38)21(34)17-33-16-20-15-22(39-2)29(40-3)27(31)26(20)30(33)32/h13-15,32H,4-12,16-17H2,1-3H3,(H,35,36)(H,37,38). The number of halogens is 1. The Kier molecular flexibility index (Phi) is 11.5. The molecule has 11 nitrogen and oxygen atoms in total. The Morgan fingerprint density at radius 3 is 2.19 bits per heavy atom. The molecule has 42 heavy (non-hydrogen) atoms. The van der Waals surface area contributed by atoms with Crippen LogP contribution in [0.3, 0.4) is 0 Å². The van der Waals surface area contributed by atoms with Gasteiger partial charge in [0.15, 0.2) is 34.6 Å². The van der Waals surface area contributed by atoms with Crippen LogP contribution >= 0.6 is 0 Å². The van der Waals surface area contributed by atoms with Gasteiger partial charge >= 0.3 is 11.9 Å². The van der Waals surface area contributed by atoms with Gasteiger partial charge in [-0.25, -0.2) is 4.39 Å². The van der Waals surface area contributed by atoms with Crippen LogP contribution < -0.4 is 18.9 Å². The Morgan fingerprint density at radius 1 is 0.929 bits per heavy atom. The van der Waals surface area contributed by atoms with E-state index in [1.54, 1.807) is 12.1 Å². The zero-order chi connectivity index (χ0) is 30.8. The van der Waals surface area contributed by atoms with Gasteiger partial charge in [-0.2, -0.15) is 0 Å². The first-order chi connectivity index (χ1) is 20.1. The van der Waals surface area contributed by atoms with Crippen molar-refractivity contribution >= 4 is 23.6 Å². The average molecular weight is 589 g/mol. The summed E-state index contributed by atoms with van der Waals surface area (Å²) in [5.74, 6) is -2.38. The van der Waals surface area contributed by atoms with Crippen molar-refractivity contribution in [3.05, 3.63) is 46.3 Å². The van der Waals surface area contributed by atoms with E-state index >= 15 is 4.39 Å². The van der Waals surface area contributed by atoms with Crippen molar-refractivity contribution in [1.29, 1.82) is 5.41 Å². The Bertz CT molecular complexity index is 1330. The molecule has 3 rings (SSSR count). The number of unbranched alkanes of at least 4 members (excludes halogenated alkanes) is 1. The monoisotopic (exact) mass is 588 g/mol. The second-order valence-corrected chi connectivity index (χ2v) is 9.85. The fourth-order valence-corrected chi connectivity index (χ4v) is 4.67. The van der Waals surface area contributed by atoms with Gasteiger partial charge in [-0.3, -0.25) is 19.8 Å². The lowest BCUT2D eigenvalue weighted by atomic mass is 10.0. The van der Waals surface area contributed by atoms with E-state index in [1.807, 2.05) is 6.92 Å². The minimum atomic E-state index is -0.961. The van der Waals surface area contributed by atoms with E-state index in [2.05, 4.69) is 0 Å². The molecule has 0 aromatic heterocycles. The van der Waals surface area contributed by atoms with Crippen molar-refractivity contribution in [3.63, 3.8) is 0 Å². The van der Waals surface area contributed by atoms with Crippen LogP contribution in [0.4, 0.5) is 4.39 Å². The number of methoxy groups -OCH3 is 2. The maximum Gasteiger partial charge on any atom is 0.303 e. The number of nitrogens with zero attached hydrogens (tertiary/aromatic N) is 1. The van der Waals surface area contributed by atoms with Crippen LogP contribution in [-0.4, -0.2) is 72.6 Å². The summed E-state index contributed by atoms with van der Waals surface area (Å²) >= 11 is 0. The molecule has 2 aromatic rings. The second-order valence-electron chi connectivity index (χ2n) is 9.85. The lowest BCUT2D eigenvalue weighted by Gasteiger charge is -2.20. The molecule has 228 valence electrons. The molecule has 0 bridgehead atoms. The summed E-state index contributed by atoms with van der Waals surface area (Å²) in [6.07, 6.45) is 2.55. The number of carboxylic acids is 2. The molecule has 0 unspecified atom stereocenters. The summed E-state index contributed by atoms with van der Waals surface area (Å²) in [4.78, 5) is 36.9. The molecule has 1 aliphatic heterocycles. The van der Waals surface area contributed by atoms with Gasteiger partial charge in [0, 0.05) is 24.9 Å². The summed E-state index contributed by atoms with van der Waals surface area (Å²) in [7, 11) is 2.70. The highest BCUT2D eigenvalue weighted by Gasteiger charge is 2.33. The third-order valence-electron chi connectivity index (χ3n) is 6.77. The Morgan fingerprint density at radius 2 is 1.60 bits per heavy atom. The number of rotatable bonds is 18. The van der Waals surface area contributed by atoms with Crippen molar-refractivity contribution in [1.82, 2.24) is 4.90 Å². The molecule has 0 atom stereocenters. The number of benzene rings is 2. The SMILES string of the molecule is CCCCc1cc(C(=O)CN2Cc3cc(OC)c(OC)c(F)c3C2=N)cc(OCCCC(=O)O)c1OCCCC(=O)O. The summed E-state index contributed by atoms with van der Waals surface area (Å²) < 4.78 is 37.4. The lowest BCUT2D eigenvalue weighted by molar-refractivity contribution is -0.138. The fourth-order valence-electron chi connectivity index (χ4n) is 4.67. The summed E-state index contributed by atoms with van der Waals surface area (Å²) in [5.41, 5.74) is 1.55. The first-order valence-corrected chi connectivity index (χ1v) is 13.8. The molecule has 1 aliphatic rings. The highest BCUT2D eigenvalue weighted by molar-refractivity contribution is 6.06. The molecule has 0 amide bonds. The van der Waals surface area contributed by atoms with E-state index in [0.29, 0.717) is 28.9 Å². The molecule has 0 spiro atoms. The average Bonchev–Trinajstić information content (AvgIpc) is 3.26. The van der Waals surface area contributed by atoms with E-state index in [4.69, 9.17) is 34.6 Å². The van der Waals surface area contributed by atoms with E-state index in [1.165, 1.54) is 25.2 Å². The fraction of sp³-hybridized carbons (Fsp3) is 0.467. The highest BCUT2D eigenvalue weighted by atomic mass is 19.1. The van der Waals surface area contributed by atoms with Crippen LogP contribution in [0.5, 0.6) is 23.0 Å². The molecule has 3 N–H and O–H groups in total. The highest BCUT2D eigenvalue weighted by Crippen LogP contribution is 2.39. The molecule has 0 fully saturated rings. The molecule has 0 saturated heterocycles. The number of fused-ring (bicyclic) bond motifs is 1.